The van der Waals surface area contributed by atoms with Crippen LogP contribution in [0.25, 0.3) is 0 Å². The van der Waals surface area contributed by atoms with Crippen LogP contribution in [0.15, 0.2) is 45.2 Å². The first-order chi connectivity index (χ1) is 8.28. The lowest BCUT2D eigenvalue weighted by Crippen LogP contribution is -2.27. The lowest BCUT2D eigenvalue weighted by molar-refractivity contribution is 0.599. The molecule has 0 spiro atoms. The van der Waals surface area contributed by atoms with Crippen LogP contribution in [0, 0.1) is 5.41 Å². The molecule has 8 heteroatoms. The van der Waals surface area contributed by atoms with Crippen molar-refractivity contribution in [1.29, 1.82) is 5.41 Å². The predicted molar refractivity (Wildman–Crippen MR) is 70.8 cm³/mol. The molecule has 1 rings (SSSR count). The average molecular weight is 287 g/mol. The number of amidine groups is 1. The summed E-state index contributed by atoms with van der Waals surface area (Å²) in [6.07, 6.45) is 1.22. The number of nitrogens with one attached hydrogen (secondary N) is 1. The van der Waals surface area contributed by atoms with Crippen molar-refractivity contribution in [2.75, 3.05) is 6.26 Å². The normalized spacial score (nSPS) is 14.8. The number of benzene rings is 1. The van der Waals surface area contributed by atoms with Gasteiger partial charge in [-0.3, -0.25) is 5.41 Å². The van der Waals surface area contributed by atoms with Gasteiger partial charge in [0.25, 0.3) is 0 Å². The molecule has 0 saturated heterocycles. The van der Waals surface area contributed by atoms with E-state index in [1.807, 2.05) is 0 Å². The Bertz CT molecular complexity index is 580. The second kappa shape index (κ2) is 5.42. The molecule has 0 aromatic heterocycles. The summed E-state index contributed by atoms with van der Waals surface area (Å²) in [7, 11) is -4.03. The summed E-state index contributed by atoms with van der Waals surface area (Å²) in [5.74, 6) is -0.730. The van der Waals surface area contributed by atoms with E-state index in [1.165, 1.54) is 30.5 Å². The van der Waals surface area contributed by atoms with E-state index in [0.29, 0.717) is 0 Å². The van der Waals surface area contributed by atoms with Crippen molar-refractivity contribution in [2.24, 2.45) is 11.5 Å². The molecule has 0 heterocycles. The standard InChI is InChI=1S/C10H13N3O3S2/c1-17(14)10(13)8(9(11)12)18(15,16)7-5-3-2-4-6-7/h2-6H,13H2,1H3,(H3,11,12)/b10-8-. The van der Waals surface area contributed by atoms with Crippen molar-refractivity contribution >= 4 is 26.8 Å². The molecule has 0 amide bonds. The Morgan fingerprint density at radius 3 is 2.17 bits per heavy atom. The van der Waals surface area contributed by atoms with Crippen LogP contribution in [0.2, 0.25) is 0 Å². The first-order valence-electron chi connectivity index (χ1n) is 4.76. The van der Waals surface area contributed by atoms with Crippen LogP contribution >= 0.6 is 0 Å². The molecule has 1 unspecified atom stereocenters. The van der Waals surface area contributed by atoms with E-state index in [1.54, 1.807) is 6.07 Å². The first kappa shape index (κ1) is 14.6. The zero-order chi connectivity index (χ0) is 13.9. The Morgan fingerprint density at radius 2 is 1.78 bits per heavy atom. The number of hydrogen-bond acceptors (Lipinski definition) is 5. The van der Waals surface area contributed by atoms with Crippen molar-refractivity contribution in [1.82, 2.24) is 0 Å². The van der Waals surface area contributed by atoms with Crippen LogP contribution in [0.5, 0.6) is 0 Å². The highest BCUT2D eigenvalue weighted by atomic mass is 32.2. The minimum Gasteiger partial charge on any atom is -0.610 e. The second-order valence-corrected chi connectivity index (χ2v) is 6.61. The topological polar surface area (TPSA) is 133 Å². The summed E-state index contributed by atoms with van der Waals surface area (Å²) in [5, 5.41) is 6.88. The van der Waals surface area contributed by atoms with Crippen LogP contribution in [-0.2, 0) is 21.0 Å². The summed E-state index contributed by atoms with van der Waals surface area (Å²) < 4.78 is 35.7. The highest BCUT2D eigenvalue weighted by molar-refractivity contribution is 7.99. The van der Waals surface area contributed by atoms with E-state index in [0.717, 1.165) is 0 Å². The van der Waals surface area contributed by atoms with Gasteiger partial charge < -0.3 is 16.0 Å². The van der Waals surface area contributed by atoms with Crippen molar-refractivity contribution in [3.8, 4) is 0 Å². The van der Waals surface area contributed by atoms with E-state index in [9.17, 15) is 13.0 Å². The van der Waals surface area contributed by atoms with Crippen molar-refractivity contribution in [3.05, 3.63) is 40.3 Å². The van der Waals surface area contributed by atoms with Gasteiger partial charge >= 0.3 is 0 Å². The van der Waals surface area contributed by atoms with Gasteiger partial charge in [0.15, 0.2) is 4.91 Å². The number of sulfone groups is 1. The average Bonchev–Trinajstić information content (AvgIpc) is 2.29. The maximum atomic E-state index is 12.2. The molecule has 18 heavy (non-hydrogen) atoms. The molecular weight excluding hydrogens is 274 g/mol. The Kier molecular flexibility index (Phi) is 4.38. The quantitative estimate of drug-likeness (QED) is 0.404. The monoisotopic (exact) mass is 287 g/mol. The van der Waals surface area contributed by atoms with Gasteiger partial charge in [0.2, 0.25) is 14.9 Å². The molecule has 1 aromatic carbocycles. The van der Waals surface area contributed by atoms with Crippen molar-refractivity contribution in [2.45, 2.75) is 4.90 Å². The Morgan fingerprint density at radius 1 is 1.28 bits per heavy atom. The zero-order valence-corrected chi connectivity index (χ0v) is 11.2. The number of rotatable bonds is 4. The maximum Gasteiger partial charge on any atom is 0.238 e. The summed E-state index contributed by atoms with van der Waals surface area (Å²) in [6.45, 7) is 0. The summed E-state index contributed by atoms with van der Waals surface area (Å²) in [4.78, 5) is -0.655. The lowest BCUT2D eigenvalue weighted by atomic mass is 10.4. The molecule has 1 aromatic rings. The van der Waals surface area contributed by atoms with Gasteiger partial charge in [0, 0.05) is 11.2 Å². The SMILES string of the molecule is C[S+]([O-])/C(N)=C(/C(=N)N)S(=O)(=O)c1ccccc1. The largest absolute Gasteiger partial charge is 0.610 e. The summed E-state index contributed by atoms with van der Waals surface area (Å²) >= 11 is -1.72. The molecule has 6 nitrogen and oxygen atoms in total. The predicted octanol–water partition coefficient (Wildman–Crippen LogP) is -0.0974. The summed E-state index contributed by atoms with van der Waals surface area (Å²) in [5.41, 5.74) is 10.7. The minimum absolute atomic E-state index is 0.0522. The highest BCUT2D eigenvalue weighted by Crippen LogP contribution is 2.21. The number of hydrogen-bond donors (Lipinski definition) is 3. The lowest BCUT2D eigenvalue weighted by Gasteiger charge is -2.11. The molecule has 0 fully saturated rings. The van der Waals surface area contributed by atoms with Crippen LogP contribution in [0.1, 0.15) is 0 Å². The molecule has 0 aliphatic heterocycles. The minimum atomic E-state index is -4.03. The maximum absolute atomic E-state index is 12.2. The van der Waals surface area contributed by atoms with Gasteiger partial charge in [-0.15, -0.1) is 0 Å². The van der Waals surface area contributed by atoms with Crippen LogP contribution < -0.4 is 11.5 Å². The Labute approximate surface area is 108 Å². The Balaban J connectivity index is 3.51. The van der Waals surface area contributed by atoms with Crippen LogP contribution in [-0.4, -0.2) is 25.1 Å². The van der Waals surface area contributed by atoms with Gasteiger partial charge in [-0.1, -0.05) is 18.2 Å². The first-order valence-corrected chi connectivity index (χ1v) is 7.80. The van der Waals surface area contributed by atoms with Gasteiger partial charge in [0.1, 0.15) is 12.1 Å². The molecule has 98 valence electrons. The fraction of sp³-hybridized carbons (Fsp3) is 0.100. The molecule has 0 bridgehead atoms. The fourth-order valence-corrected chi connectivity index (χ4v) is 3.62. The van der Waals surface area contributed by atoms with Gasteiger partial charge in [-0.05, 0) is 12.1 Å². The third-order valence-corrected chi connectivity index (χ3v) is 4.92. The second-order valence-electron chi connectivity index (χ2n) is 3.38. The van der Waals surface area contributed by atoms with Gasteiger partial charge in [-0.2, -0.15) is 0 Å². The third-order valence-electron chi connectivity index (χ3n) is 2.10. The van der Waals surface area contributed by atoms with Crippen LogP contribution in [0.4, 0.5) is 0 Å². The smallest absolute Gasteiger partial charge is 0.238 e. The van der Waals surface area contributed by atoms with Gasteiger partial charge in [-0.25, -0.2) is 8.42 Å². The van der Waals surface area contributed by atoms with Gasteiger partial charge in [0.05, 0.1) is 4.90 Å². The van der Waals surface area contributed by atoms with E-state index in [2.05, 4.69) is 0 Å². The molecule has 1 atom stereocenters. The molecule has 0 aliphatic rings. The van der Waals surface area contributed by atoms with E-state index in [-0.39, 0.29) is 4.90 Å². The number of nitrogens with two attached hydrogens (primary N) is 2. The third kappa shape index (κ3) is 2.84. The molecular formula is C10H13N3O3S2. The van der Waals surface area contributed by atoms with Crippen molar-refractivity contribution in [3.63, 3.8) is 0 Å². The van der Waals surface area contributed by atoms with Crippen LogP contribution in [0.3, 0.4) is 0 Å². The Hall–Kier alpha value is -1.51. The fourth-order valence-electron chi connectivity index (χ4n) is 1.26. The molecule has 0 aliphatic carbocycles. The van der Waals surface area contributed by atoms with E-state index >= 15 is 0 Å². The summed E-state index contributed by atoms with van der Waals surface area (Å²) in [6, 6.07) is 7.42. The molecule has 0 saturated carbocycles. The molecule has 0 radical (unpaired) electrons. The zero-order valence-electron chi connectivity index (χ0n) is 9.58. The van der Waals surface area contributed by atoms with E-state index < -0.39 is 36.8 Å². The highest BCUT2D eigenvalue weighted by Gasteiger charge is 2.30. The van der Waals surface area contributed by atoms with E-state index in [4.69, 9.17) is 16.9 Å². The molecule has 5 N–H and O–H groups in total. The van der Waals surface area contributed by atoms with Crippen molar-refractivity contribution < 1.29 is 13.0 Å².